The van der Waals surface area contributed by atoms with E-state index in [-0.39, 0.29) is 26.6 Å². The molecule has 0 radical (unpaired) electrons. The molecule has 2 aliphatic heterocycles. The van der Waals surface area contributed by atoms with E-state index in [0.717, 1.165) is 22.5 Å². The molecule has 2 atom stereocenters. The first kappa shape index (κ1) is 25.0. The van der Waals surface area contributed by atoms with E-state index in [0.29, 0.717) is 17.9 Å². The molecule has 1 fully saturated rings. The summed E-state index contributed by atoms with van der Waals surface area (Å²) in [5.74, 6) is -2.11. The lowest BCUT2D eigenvalue weighted by atomic mass is 10.0. The number of fused-ring (bicyclic) bond motifs is 2. The maximum atomic E-state index is 13.1. The number of aryl methyl sites for hydroxylation is 1. The number of hydrogen-bond acceptors (Lipinski definition) is 9. The predicted octanol–water partition coefficient (Wildman–Crippen LogP) is 1.02. The molecular weight excluding hydrogens is 542 g/mol. The summed E-state index contributed by atoms with van der Waals surface area (Å²) < 4.78 is 4.05. The zero-order valence-corrected chi connectivity index (χ0v) is 21.9. The van der Waals surface area contributed by atoms with Gasteiger partial charge in [0.2, 0.25) is 6.33 Å². The highest BCUT2D eigenvalue weighted by Crippen LogP contribution is 2.41. The summed E-state index contributed by atoms with van der Waals surface area (Å²) in [4.78, 5) is 48.4. The number of amides is 2. The van der Waals surface area contributed by atoms with Crippen LogP contribution in [0.1, 0.15) is 11.4 Å². The molecule has 37 heavy (non-hydrogen) atoms. The third-order valence-electron chi connectivity index (χ3n) is 6.08. The van der Waals surface area contributed by atoms with E-state index in [1.807, 2.05) is 46.6 Å². The van der Waals surface area contributed by atoms with Gasteiger partial charge in [-0.05, 0) is 12.1 Å². The number of carboxylic acids is 1. The number of pyridine rings is 1. The molecule has 15 heteroatoms. The summed E-state index contributed by atoms with van der Waals surface area (Å²) in [6, 6.07) is 4.86. The minimum absolute atomic E-state index is 0.0317. The lowest BCUT2D eigenvalue weighted by molar-refractivity contribution is -0.512. The van der Waals surface area contributed by atoms with Gasteiger partial charge in [0.1, 0.15) is 46.5 Å². The molecule has 2 aliphatic rings. The van der Waals surface area contributed by atoms with Crippen molar-refractivity contribution in [2.45, 2.75) is 24.9 Å². The Kier molecular flexibility index (Phi) is 6.56. The fraction of sp³-hybridized carbons (Fsp3) is 0.273. The number of thiazole rings is 1. The standard InChI is InChI=1S/C22H20ClN7O5S2/c1-10-12-5-3-4-6-28(12)9-29(10)7-11-8-36-20-15(19(32)30(20)16(11)21(33)34)25-18(31)14(27-35-2)13-17(23)37-22(24)26-13/h3-6,9,15,20H,7-8H2,1-2H3,(H3-,24,25,26,31,33,34)/p+1/b27-14-/t15-,20-/m1/s1. The van der Waals surface area contributed by atoms with Crippen molar-refractivity contribution in [2.75, 3.05) is 18.6 Å². The minimum atomic E-state index is -1.20. The van der Waals surface area contributed by atoms with Crippen LogP contribution in [-0.4, -0.2) is 67.3 Å². The van der Waals surface area contributed by atoms with Gasteiger partial charge >= 0.3 is 5.97 Å². The molecule has 192 valence electrons. The first-order chi connectivity index (χ1) is 17.7. The van der Waals surface area contributed by atoms with Crippen LogP contribution in [0.5, 0.6) is 0 Å². The second kappa shape index (κ2) is 9.68. The summed E-state index contributed by atoms with van der Waals surface area (Å²) in [6.45, 7) is 2.26. The Balaban J connectivity index is 1.38. The van der Waals surface area contributed by atoms with Gasteiger partial charge in [0.25, 0.3) is 11.8 Å². The Morgan fingerprint density at radius 2 is 2.22 bits per heavy atom. The number of imidazole rings is 1. The summed E-state index contributed by atoms with van der Waals surface area (Å²) in [5, 5.41) is 15.9. The van der Waals surface area contributed by atoms with Crippen LogP contribution in [0.15, 0.2) is 47.1 Å². The Labute approximate surface area is 223 Å². The molecule has 2 amide bonds. The summed E-state index contributed by atoms with van der Waals surface area (Å²) in [5.41, 5.74) is 7.96. The number of nitrogen functional groups attached to an aromatic ring is 1. The van der Waals surface area contributed by atoms with E-state index in [2.05, 4.69) is 15.5 Å². The SMILES string of the molecule is CO/N=C(\C(=O)N[C@@H]1C(=O)N2C(C(=O)O)=C(Cn3c[n+]4ccccc4c3C)CS[C@H]12)c1nc(N)sc1Cl. The number of anilines is 1. The summed E-state index contributed by atoms with van der Waals surface area (Å²) in [7, 11) is 1.25. The molecule has 0 aliphatic carbocycles. The second-order valence-corrected chi connectivity index (χ2v) is 11.0. The lowest BCUT2D eigenvalue weighted by Gasteiger charge is -2.49. The molecule has 5 heterocycles. The van der Waals surface area contributed by atoms with Gasteiger partial charge in [-0.3, -0.25) is 14.5 Å². The molecule has 0 unspecified atom stereocenters. The number of nitrogens with two attached hydrogens (primary N) is 1. The molecule has 5 rings (SSSR count). The van der Waals surface area contributed by atoms with Crippen molar-refractivity contribution in [3.63, 3.8) is 0 Å². The normalized spacial score (nSPS) is 19.6. The highest BCUT2D eigenvalue weighted by molar-refractivity contribution is 8.00. The van der Waals surface area contributed by atoms with E-state index < -0.39 is 29.2 Å². The smallest absolute Gasteiger partial charge is 0.352 e. The molecule has 0 saturated carbocycles. The molecule has 4 N–H and O–H groups in total. The number of carbonyl (C=O) groups excluding carboxylic acids is 2. The molecular formula is C22H21ClN7O5S2+. The molecule has 12 nitrogen and oxygen atoms in total. The van der Waals surface area contributed by atoms with Gasteiger partial charge in [0, 0.05) is 18.2 Å². The molecule has 0 bridgehead atoms. The highest BCUT2D eigenvalue weighted by Gasteiger charge is 2.54. The number of aliphatic carboxylic acids is 1. The number of thioether (sulfide) groups is 1. The summed E-state index contributed by atoms with van der Waals surface area (Å²) in [6.07, 6.45) is 3.80. The third-order valence-corrected chi connectivity index (χ3v) is 8.50. The van der Waals surface area contributed by atoms with Crippen molar-refractivity contribution in [1.82, 2.24) is 19.8 Å². The van der Waals surface area contributed by atoms with Crippen molar-refractivity contribution in [3.8, 4) is 0 Å². The number of oxime groups is 1. The fourth-order valence-electron chi connectivity index (χ4n) is 4.37. The lowest BCUT2D eigenvalue weighted by Crippen LogP contribution is -2.71. The van der Waals surface area contributed by atoms with Crippen LogP contribution < -0.4 is 15.5 Å². The van der Waals surface area contributed by atoms with Crippen molar-refractivity contribution in [2.24, 2.45) is 5.16 Å². The largest absolute Gasteiger partial charge is 0.477 e. The van der Waals surface area contributed by atoms with E-state index in [4.69, 9.17) is 22.2 Å². The van der Waals surface area contributed by atoms with Crippen molar-refractivity contribution < 1.29 is 28.7 Å². The Hall–Kier alpha value is -3.62. The molecule has 0 spiro atoms. The molecule has 1 saturated heterocycles. The summed E-state index contributed by atoms with van der Waals surface area (Å²) >= 11 is 8.46. The first-order valence-corrected chi connectivity index (χ1v) is 13.2. The maximum Gasteiger partial charge on any atom is 0.352 e. The zero-order chi connectivity index (χ0) is 26.4. The van der Waals surface area contributed by atoms with E-state index in [1.54, 1.807) is 0 Å². The second-order valence-electron chi connectivity index (χ2n) is 8.24. The van der Waals surface area contributed by atoms with Gasteiger partial charge in [-0.25, -0.2) is 18.7 Å². The monoisotopic (exact) mass is 562 g/mol. The number of aromatic nitrogens is 3. The number of nitrogens with one attached hydrogen (secondary N) is 1. The fourth-order valence-corrected chi connectivity index (χ4v) is 6.64. The number of hydrogen-bond donors (Lipinski definition) is 3. The number of nitrogens with zero attached hydrogens (tertiary/aromatic N) is 5. The Morgan fingerprint density at radius 3 is 2.86 bits per heavy atom. The van der Waals surface area contributed by atoms with Crippen LogP contribution in [0.2, 0.25) is 4.34 Å². The van der Waals surface area contributed by atoms with Crippen LogP contribution in [0.25, 0.3) is 5.52 Å². The van der Waals surface area contributed by atoms with Gasteiger partial charge in [-0.1, -0.05) is 34.2 Å². The first-order valence-electron chi connectivity index (χ1n) is 10.9. The van der Waals surface area contributed by atoms with Gasteiger partial charge in [0.05, 0.1) is 6.20 Å². The zero-order valence-electron chi connectivity index (χ0n) is 19.5. The number of halogens is 1. The number of carboxylic acid groups (broad SMARTS) is 1. The third kappa shape index (κ3) is 4.30. The average Bonchev–Trinajstić information content (AvgIpc) is 3.37. The molecule has 3 aromatic heterocycles. The minimum Gasteiger partial charge on any atom is -0.477 e. The van der Waals surface area contributed by atoms with Crippen molar-refractivity contribution in [3.05, 3.63) is 57.7 Å². The van der Waals surface area contributed by atoms with Crippen LogP contribution in [0, 0.1) is 6.92 Å². The van der Waals surface area contributed by atoms with Gasteiger partial charge in [-0.2, -0.15) is 0 Å². The number of carbonyl (C=O) groups is 3. The van der Waals surface area contributed by atoms with Crippen LogP contribution >= 0.6 is 34.7 Å². The van der Waals surface area contributed by atoms with Gasteiger partial charge < -0.3 is 21.0 Å². The molecule has 0 aromatic carbocycles. The molecule has 3 aromatic rings. The average molecular weight is 563 g/mol. The Morgan fingerprint density at radius 1 is 1.43 bits per heavy atom. The maximum absolute atomic E-state index is 13.1. The number of β-lactam (4-membered cyclic amide) rings is 1. The van der Waals surface area contributed by atoms with Crippen LogP contribution in [-0.2, 0) is 25.8 Å². The van der Waals surface area contributed by atoms with E-state index in [1.165, 1.54) is 23.8 Å². The quantitative estimate of drug-likeness (QED) is 0.167. The van der Waals surface area contributed by atoms with Crippen molar-refractivity contribution >= 4 is 68.8 Å². The number of rotatable bonds is 7. The van der Waals surface area contributed by atoms with E-state index in [9.17, 15) is 19.5 Å². The van der Waals surface area contributed by atoms with Crippen LogP contribution in [0.4, 0.5) is 5.13 Å². The van der Waals surface area contributed by atoms with Crippen LogP contribution in [0.3, 0.4) is 0 Å². The van der Waals surface area contributed by atoms with Gasteiger partial charge in [-0.15, -0.1) is 11.8 Å². The Bertz CT molecular complexity index is 1510. The topological polar surface area (TPSA) is 156 Å². The highest BCUT2D eigenvalue weighted by atomic mass is 35.5. The van der Waals surface area contributed by atoms with E-state index >= 15 is 0 Å². The predicted molar refractivity (Wildman–Crippen MR) is 137 cm³/mol. The van der Waals surface area contributed by atoms with Crippen molar-refractivity contribution in [1.29, 1.82) is 0 Å². The van der Waals surface area contributed by atoms with Gasteiger partial charge in [0.15, 0.2) is 16.4 Å².